The molecular formula is C9H10BrN. The fourth-order valence-corrected chi connectivity index (χ4v) is 1.23. The Morgan fingerprint density at radius 3 is 3.00 bits per heavy atom. The van der Waals surface area contributed by atoms with Gasteiger partial charge >= 0.3 is 0 Å². The number of rotatable bonds is 2. The Morgan fingerprint density at radius 2 is 2.45 bits per heavy atom. The van der Waals surface area contributed by atoms with Gasteiger partial charge in [-0.3, -0.25) is 4.98 Å². The van der Waals surface area contributed by atoms with Gasteiger partial charge in [0, 0.05) is 17.2 Å². The first-order valence-corrected chi connectivity index (χ1v) is 4.53. The molecular weight excluding hydrogens is 202 g/mol. The maximum Gasteiger partial charge on any atom is 0.0447 e. The number of pyridine rings is 1. The van der Waals surface area contributed by atoms with Crippen LogP contribution in [0.3, 0.4) is 0 Å². The zero-order valence-corrected chi connectivity index (χ0v) is 8.06. The molecule has 0 N–H and O–H groups in total. The number of halogens is 1. The first kappa shape index (κ1) is 8.47. The zero-order valence-electron chi connectivity index (χ0n) is 6.47. The minimum absolute atomic E-state index is 0.805. The van der Waals surface area contributed by atoms with Gasteiger partial charge in [0.15, 0.2) is 0 Å². The van der Waals surface area contributed by atoms with Crippen LogP contribution in [0.4, 0.5) is 0 Å². The number of alkyl halides is 1. The molecule has 0 aromatic carbocycles. The predicted molar refractivity (Wildman–Crippen MR) is 51.8 cm³/mol. The van der Waals surface area contributed by atoms with Gasteiger partial charge in [-0.15, -0.1) is 0 Å². The quantitative estimate of drug-likeness (QED) is 0.687. The van der Waals surface area contributed by atoms with Gasteiger partial charge in [-0.25, -0.2) is 0 Å². The highest BCUT2D eigenvalue weighted by Crippen LogP contribution is 2.16. The SMILES string of the molecule is C=C(CBr)c1cccnc1C. The van der Waals surface area contributed by atoms with E-state index in [1.165, 1.54) is 0 Å². The second kappa shape index (κ2) is 3.67. The van der Waals surface area contributed by atoms with E-state index in [9.17, 15) is 0 Å². The van der Waals surface area contributed by atoms with Gasteiger partial charge in [-0.2, -0.15) is 0 Å². The largest absolute Gasteiger partial charge is 0.261 e. The van der Waals surface area contributed by atoms with Crippen molar-refractivity contribution >= 4 is 21.5 Å². The van der Waals surface area contributed by atoms with E-state index in [2.05, 4.69) is 27.5 Å². The molecule has 11 heavy (non-hydrogen) atoms. The van der Waals surface area contributed by atoms with Crippen LogP contribution in [0.2, 0.25) is 0 Å². The summed E-state index contributed by atoms with van der Waals surface area (Å²) in [7, 11) is 0. The van der Waals surface area contributed by atoms with Crippen molar-refractivity contribution in [1.82, 2.24) is 4.98 Å². The van der Waals surface area contributed by atoms with Crippen molar-refractivity contribution in [3.05, 3.63) is 36.2 Å². The Bertz CT molecular complexity index is 268. The minimum Gasteiger partial charge on any atom is -0.261 e. The standard InChI is InChI=1S/C9H10BrN/c1-7(6-10)9-4-3-5-11-8(9)2/h3-5H,1,6H2,2H3. The van der Waals surface area contributed by atoms with Gasteiger partial charge in [0.1, 0.15) is 0 Å². The fraction of sp³-hybridized carbons (Fsp3) is 0.222. The van der Waals surface area contributed by atoms with Crippen molar-refractivity contribution < 1.29 is 0 Å². The van der Waals surface area contributed by atoms with Crippen LogP contribution >= 0.6 is 15.9 Å². The predicted octanol–water partition coefficient (Wildman–Crippen LogP) is 2.80. The summed E-state index contributed by atoms with van der Waals surface area (Å²) in [5, 5.41) is 0.805. The van der Waals surface area contributed by atoms with Crippen LogP contribution in [-0.4, -0.2) is 10.3 Å². The molecule has 0 unspecified atom stereocenters. The summed E-state index contributed by atoms with van der Waals surface area (Å²) in [5.41, 5.74) is 3.26. The smallest absolute Gasteiger partial charge is 0.0447 e. The molecule has 0 amide bonds. The van der Waals surface area contributed by atoms with Gasteiger partial charge in [-0.05, 0) is 24.1 Å². The third-order valence-corrected chi connectivity index (χ3v) is 2.23. The molecule has 0 spiro atoms. The second-order valence-electron chi connectivity index (χ2n) is 2.37. The second-order valence-corrected chi connectivity index (χ2v) is 2.93. The molecule has 0 bridgehead atoms. The van der Waals surface area contributed by atoms with Crippen LogP contribution in [-0.2, 0) is 0 Å². The summed E-state index contributed by atoms with van der Waals surface area (Å²) in [6, 6.07) is 3.96. The van der Waals surface area contributed by atoms with Crippen LogP contribution in [0.15, 0.2) is 24.9 Å². The molecule has 1 rings (SSSR count). The lowest BCUT2D eigenvalue weighted by Crippen LogP contribution is -1.90. The number of hydrogen-bond donors (Lipinski definition) is 0. The summed E-state index contributed by atoms with van der Waals surface area (Å²) < 4.78 is 0. The summed E-state index contributed by atoms with van der Waals surface area (Å²) >= 11 is 3.36. The molecule has 0 saturated carbocycles. The highest BCUT2D eigenvalue weighted by atomic mass is 79.9. The number of allylic oxidation sites excluding steroid dienone is 1. The highest BCUT2D eigenvalue weighted by Gasteiger charge is 1.99. The van der Waals surface area contributed by atoms with Gasteiger partial charge < -0.3 is 0 Å². The Labute approximate surface area is 75.3 Å². The molecule has 1 aromatic heterocycles. The molecule has 1 nitrogen and oxygen atoms in total. The molecule has 0 atom stereocenters. The average molecular weight is 212 g/mol. The first-order chi connectivity index (χ1) is 5.25. The molecule has 0 aliphatic heterocycles. The minimum atomic E-state index is 0.805. The van der Waals surface area contributed by atoms with Gasteiger partial charge in [-0.1, -0.05) is 28.6 Å². The molecule has 2 heteroatoms. The average Bonchev–Trinajstić information content (AvgIpc) is 2.04. The van der Waals surface area contributed by atoms with Crippen molar-refractivity contribution in [2.45, 2.75) is 6.92 Å². The Morgan fingerprint density at radius 1 is 1.73 bits per heavy atom. The summed E-state index contributed by atoms with van der Waals surface area (Å²) in [6.45, 7) is 5.91. The van der Waals surface area contributed by atoms with Crippen molar-refractivity contribution in [2.24, 2.45) is 0 Å². The lowest BCUT2D eigenvalue weighted by Gasteiger charge is -2.03. The number of aryl methyl sites for hydroxylation is 1. The van der Waals surface area contributed by atoms with Crippen LogP contribution in [0.25, 0.3) is 5.57 Å². The maximum atomic E-state index is 4.17. The normalized spacial score (nSPS) is 9.64. The molecule has 1 aromatic rings. The van der Waals surface area contributed by atoms with E-state index in [1.807, 2.05) is 19.1 Å². The third kappa shape index (κ3) is 1.90. The van der Waals surface area contributed by atoms with E-state index in [4.69, 9.17) is 0 Å². The molecule has 0 radical (unpaired) electrons. The molecule has 0 fully saturated rings. The van der Waals surface area contributed by atoms with Crippen LogP contribution in [0.1, 0.15) is 11.3 Å². The van der Waals surface area contributed by atoms with E-state index in [0.717, 1.165) is 22.2 Å². The summed E-state index contributed by atoms with van der Waals surface area (Å²) in [5.74, 6) is 0. The van der Waals surface area contributed by atoms with E-state index >= 15 is 0 Å². The Balaban J connectivity index is 3.03. The third-order valence-electron chi connectivity index (χ3n) is 1.55. The van der Waals surface area contributed by atoms with E-state index in [1.54, 1.807) is 6.20 Å². The number of aromatic nitrogens is 1. The lowest BCUT2D eigenvalue weighted by molar-refractivity contribution is 1.18. The first-order valence-electron chi connectivity index (χ1n) is 3.41. The molecule has 1 heterocycles. The number of hydrogen-bond acceptors (Lipinski definition) is 1. The Hall–Kier alpha value is -0.630. The zero-order chi connectivity index (χ0) is 8.27. The molecule has 58 valence electrons. The maximum absolute atomic E-state index is 4.17. The fourth-order valence-electron chi connectivity index (χ4n) is 0.930. The van der Waals surface area contributed by atoms with Gasteiger partial charge in [0.2, 0.25) is 0 Å². The Kier molecular flexibility index (Phi) is 2.83. The lowest BCUT2D eigenvalue weighted by atomic mass is 10.1. The molecule has 0 saturated heterocycles. The molecule has 0 aliphatic carbocycles. The van der Waals surface area contributed by atoms with Crippen LogP contribution < -0.4 is 0 Å². The van der Waals surface area contributed by atoms with Gasteiger partial charge in [0.05, 0.1) is 0 Å². The van der Waals surface area contributed by atoms with Crippen LogP contribution in [0, 0.1) is 6.92 Å². The van der Waals surface area contributed by atoms with Crippen molar-refractivity contribution in [2.75, 3.05) is 5.33 Å². The molecule has 0 aliphatic rings. The van der Waals surface area contributed by atoms with Crippen molar-refractivity contribution in [3.63, 3.8) is 0 Å². The highest BCUT2D eigenvalue weighted by molar-refractivity contribution is 9.09. The summed E-state index contributed by atoms with van der Waals surface area (Å²) in [6.07, 6.45) is 1.79. The van der Waals surface area contributed by atoms with Crippen LogP contribution in [0.5, 0.6) is 0 Å². The number of nitrogens with zero attached hydrogens (tertiary/aromatic N) is 1. The monoisotopic (exact) mass is 211 g/mol. The van der Waals surface area contributed by atoms with Crippen molar-refractivity contribution in [1.29, 1.82) is 0 Å². The van der Waals surface area contributed by atoms with Crippen molar-refractivity contribution in [3.8, 4) is 0 Å². The van der Waals surface area contributed by atoms with E-state index in [0.29, 0.717) is 0 Å². The van der Waals surface area contributed by atoms with E-state index in [-0.39, 0.29) is 0 Å². The topological polar surface area (TPSA) is 12.9 Å². The summed E-state index contributed by atoms with van der Waals surface area (Å²) in [4.78, 5) is 4.17. The van der Waals surface area contributed by atoms with Gasteiger partial charge in [0.25, 0.3) is 0 Å². The van der Waals surface area contributed by atoms with E-state index < -0.39 is 0 Å².